The first-order valence-electron chi connectivity index (χ1n) is 14.0. The molecule has 2 atom stereocenters. The Balaban J connectivity index is 1.55. The maximum Gasteiger partial charge on any atom is 0.232 e. The Morgan fingerprint density at radius 1 is 1.07 bits per heavy atom. The molecule has 0 saturated heterocycles. The number of methoxy groups -OCH3 is 1. The SMILES string of the molecule is COc1cc2c(cc1OC(C)C)[C@H](c1ccc(Cl)cc1)N(c1ccc(C(C)(O)c3ccc(NC(C)=O)cc3)nc1)C(=O)C2. The first-order chi connectivity index (χ1) is 20.5. The van der Waals surface area contributed by atoms with Gasteiger partial charge in [-0.1, -0.05) is 35.9 Å². The van der Waals surface area contributed by atoms with Crippen molar-refractivity contribution in [3.63, 3.8) is 0 Å². The molecule has 1 aliphatic heterocycles. The van der Waals surface area contributed by atoms with Gasteiger partial charge in [-0.2, -0.15) is 0 Å². The molecule has 43 heavy (non-hydrogen) atoms. The molecule has 9 heteroatoms. The maximum atomic E-state index is 13.8. The molecule has 3 aromatic carbocycles. The molecule has 0 fully saturated rings. The molecule has 1 unspecified atom stereocenters. The lowest BCUT2D eigenvalue weighted by Gasteiger charge is -2.38. The van der Waals surface area contributed by atoms with E-state index in [2.05, 4.69) is 10.3 Å². The van der Waals surface area contributed by atoms with Crippen LogP contribution in [0, 0.1) is 0 Å². The highest BCUT2D eigenvalue weighted by Crippen LogP contribution is 2.44. The number of pyridine rings is 1. The Kier molecular flexibility index (Phi) is 8.44. The second-order valence-electron chi connectivity index (χ2n) is 11.0. The number of aromatic nitrogens is 1. The zero-order chi connectivity index (χ0) is 30.9. The van der Waals surface area contributed by atoms with Crippen molar-refractivity contribution in [1.29, 1.82) is 0 Å². The van der Waals surface area contributed by atoms with E-state index in [0.717, 1.165) is 16.7 Å². The largest absolute Gasteiger partial charge is 0.493 e. The van der Waals surface area contributed by atoms with E-state index in [9.17, 15) is 14.7 Å². The lowest BCUT2D eigenvalue weighted by Crippen LogP contribution is -2.41. The molecule has 1 aromatic heterocycles. The van der Waals surface area contributed by atoms with Crippen molar-refractivity contribution in [1.82, 2.24) is 4.98 Å². The number of amides is 2. The van der Waals surface area contributed by atoms with Crippen LogP contribution in [0.25, 0.3) is 0 Å². The zero-order valence-corrected chi connectivity index (χ0v) is 25.5. The van der Waals surface area contributed by atoms with Gasteiger partial charge in [0.2, 0.25) is 11.8 Å². The number of ether oxygens (including phenoxy) is 2. The van der Waals surface area contributed by atoms with Crippen LogP contribution in [0.2, 0.25) is 5.02 Å². The number of benzene rings is 3. The Morgan fingerprint density at radius 2 is 1.77 bits per heavy atom. The minimum absolute atomic E-state index is 0.0756. The summed E-state index contributed by atoms with van der Waals surface area (Å²) in [5.41, 5.74) is 3.45. The summed E-state index contributed by atoms with van der Waals surface area (Å²) in [6.45, 7) is 6.99. The van der Waals surface area contributed by atoms with Gasteiger partial charge in [-0.25, -0.2) is 0 Å². The maximum absolute atomic E-state index is 13.8. The fourth-order valence-corrected chi connectivity index (χ4v) is 5.50. The lowest BCUT2D eigenvalue weighted by atomic mass is 9.86. The van der Waals surface area contributed by atoms with Crippen molar-refractivity contribution < 1.29 is 24.2 Å². The molecule has 0 bridgehead atoms. The van der Waals surface area contributed by atoms with Crippen LogP contribution in [-0.2, 0) is 21.6 Å². The Hall–Kier alpha value is -4.40. The van der Waals surface area contributed by atoms with Crippen LogP contribution in [0.4, 0.5) is 11.4 Å². The highest BCUT2D eigenvalue weighted by Gasteiger charge is 2.37. The van der Waals surface area contributed by atoms with E-state index in [1.807, 2.05) is 38.1 Å². The predicted molar refractivity (Wildman–Crippen MR) is 167 cm³/mol. The molecule has 0 spiro atoms. The molecule has 222 valence electrons. The van der Waals surface area contributed by atoms with Gasteiger partial charge in [-0.05, 0) is 91.6 Å². The van der Waals surface area contributed by atoms with Gasteiger partial charge in [0.05, 0.1) is 43.3 Å². The normalized spacial score (nSPS) is 16.0. The first-order valence-corrected chi connectivity index (χ1v) is 14.4. The second kappa shape index (κ2) is 12.1. The van der Waals surface area contributed by atoms with Crippen LogP contribution in [-0.4, -0.2) is 35.1 Å². The van der Waals surface area contributed by atoms with Crippen molar-refractivity contribution in [2.75, 3.05) is 17.3 Å². The molecular weight excluding hydrogens is 566 g/mol. The number of nitrogens with zero attached hydrogens (tertiary/aromatic N) is 2. The Bertz CT molecular complexity index is 1630. The van der Waals surface area contributed by atoms with Gasteiger partial charge in [-0.3, -0.25) is 19.5 Å². The molecule has 2 heterocycles. The number of aliphatic hydroxyl groups is 1. The van der Waals surface area contributed by atoms with E-state index in [4.69, 9.17) is 21.1 Å². The number of nitrogens with one attached hydrogen (secondary N) is 1. The molecule has 2 amide bonds. The van der Waals surface area contributed by atoms with Gasteiger partial charge >= 0.3 is 0 Å². The number of carbonyl (C=O) groups excluding carboxylic acids is 2. The minimum atomic E-state index is -1.42. The molecule has 0 radical (unpaired) electrons. The zero-order valence-electron chi connectivity index (χ0n) is 24.7. The van der Waals surface area contributed by atoms with Crippen molar-refractivity contribution in [2.24, 2.45) is 0 Å². The van der Waals surface area contributed by atoms with E-state index in [1.165, 1.54) is 6.92 Å². The number of anilines is 2. The third-order valence-corrected chi connectivity index (χ3v) is 7.68. The Morgan fingerprint density at radius 3 is 2.35 bits per heavy atom. The fraction of sp³-hybridized carbons (Fsp3) is 0.265. The van der Waals surface area contributed by atoms with Crippen LogP contribution >= 0.6 is 11.6 Å². The standard InChI is InChI=1S/C34H34ClN3O5/c1-20(2)43-30-18-28-23(16-29(30)42-5)17-32(40)38(33(28)22-6-10-25(35)11-7-22)27-14-15-31(36-19-27)34(4,41)24-8-12-26(13-9-24)37-21(3)39/h6-16,18-20,33,41H,17H2,1-5H3,(H,37,39)/t33-,34?/m0/s1. The number of rotatable bonds is 8. The second-order valence-corrected chi connectivity index (χ2v) is 11.4. The summed E-state index contributed by atoms with van der Waals surface area (Å²) in [4.78, 5) is 31.5. The van der Waals surface area contributed by atoms with Crippen molar-refractivity contribution >= 4 is 34.8 Å². The summed E-state index contributed by atoms with van der Waals surface area (Å²) in [5.74, 6) is 0.883. The topological polar surface area (TPSA) is 101 Å². The van der Waals surface area contributed by atoms with E-state index >= 15 is 0 Å². The van der Waals surface area contributed by atoms with Crippen molar-refractivity contribution in [2.45, 2.75) is 51.9 Å². The summed E-state index contributed by atoms with van der Waals surface area (Å²) in [5, 5.41) is 14.8. The number of halogens is 1. The summed E-state index contributed by atoms with van der Waals surface area (Å²) < 4.78 is 11.7. The number of hydrogen-bond donors (Lipinski definition) is 2. The fourth-order valence-electron chi connectivity index (χ4n) is 5.37. The van der Waals surface area contributed by atoms with Crippen LogP contribution in [0.1, 0.15) is 61.7 Å². The van der Waals surface area contributed by atoms with E-state index in [1.54, 1.807) is 73.7 Å². The van der Waals surface area contributed by atoms with Crippen LogP contribution in [0.15, 0.2) is 79.0 Å². The predicted octanol–water partition coefficient (Wildman–Crippen LogP) is 6.42. The van der Waals surface area contributed by atoms with Crippen LogP contribution in [0.3, 0.4) is 0 Å². The summed E-state index contributed by atoms with van der Waals surface area (Å²) in [6.07, 6.45) is 1.70. The van der Waals surface area contributed by atoms with Crippen LogP contribution in [0.5, 0.6) is 11.5 Å². The van der Waals surface area contributed by atoms with Crippen LogP contribution < -0.4 is 19.7 Å². The quantitative estimate of drug-likeness (QED) is 0.242. The molecule has 8 nitrogen and oxygen atoms in total. The lowest BCUT2D eigenvalue weighted by molar-refractivity contribution is -0.118. The van der Waals surface area contributed by atoms with Crippen molar-refractivity contribution in [3.05, 3.63) is 112 Å². The first kappa shape index (κ1) is 30.1. The third-order valence-electron chi connectivity index (χ3n) is 7.43. The van der Waals surface area contributed by atoms with Gasteiger partial charge in [-0.15, -0.1) is 0 Å². The summed E-state index contributed by atoms with van der Waals surface area (Å²) in [7, 11) is 1.59. The average molecular weight is 600 g/mol. The molecule has 2 N–H and O–H groups in total. The van der Waals surface area contributed by atoms with Crippen molar-refractivity contribution in [3.8, 4) is 11.5 Å². The number of fused-ring (bicyclic) bond motifs is 1. The third kappa shape index (κ3) is 6.21. The highest BCUT2D eigenvalue weighted by molar-refractivity contribution is 6.30. The summed E-state index contributed by atoms with van der Waals surface area (Å²) >= 11 is 6.23. The molecule has 5 rings (SSSR count). The Labute approximate surface area is 256 Å². The molecule has 0 aliphatic carbocycles. The molecule has 0 saturated carbocycles. The molecule has 4 aromatic rings. The van der Waals surface area contributed by atoms with Gasteiger partial charge < -0.3 is 19.9 Å². The smallest absolute Gasteiger partial charge is 0.232 e. The van der Waals surface area contributed by atoms with E-state index < -0.39 is 11.6 Å². The van der Waals surface area contributed by atoms with Gasteiger partial charge in [0, 0.05) is 17.6 Å². The molecular formula is C34H34ClN3O5. The van der Waals surface area contributed by atoms with Gasteiger partial charge in [0.15, 0.2) is 11.5 Å². The van der Waals surface area contributed by atoms with Gasteiger partial charge in [0.1, 0.15) is 5.60 Å². The molecule has 1 aliphatic rings. The average Bonchev–Trinajstić information content (AvgIpc) is 2.97. The minimum Gasteiger partial charge on any atom is -0.493 e. The highest BCUT2D eigenvalue weighted by atomic mass is 35.5. The van der Waals surface area contributed by atoms with E-state index in [0.29, 0.717) is 39.2 Å². The summed E-state index contributed by atoms with van der Waals surface area (Å²) in [6, 6.07) is 21.2. The van der Waals surface area contributed by atoms with Gasteiger partial charge in [0.25, 0.3) is 0 Å². The number of hydrogen-bond acceptors (Lipinski definition) is 6. The monoisotopic (exact) mass is 599 g/mol. The number of carbonyl (C=O) groups is 2. The van der Waals surface area contributed by atoms with E-state index in [-0.39, 0.29) is 24.3 Å².